The van der Waals surface area contributed by atoms with Crippen LogP contribution in [0.1, 0.15) is 10.4 Å². The Labute approximate surface area is 152 Å². The first-order chi connectivity index (χ1) is 12.2. The van der Waals surface area contributed by atoms with Crippen molar-refractivity contribution >= 4 is 38.6 Å². The molecular formula is C20H13BrN2O2. The summed E-state index contributed by atoms with van der Waals surface area (Å²) in [6, 6.07) is 22.3. The molecule has 0 saturated carbocycles. The number of anilines is 1. The van der Waals surface area contributed by atoms with Gasteiger partial charge in [0.25, 0.3) is 5.91 Å². The highest BCUT2D eigenvalue weighted by atomic mass is 79.9. The Morgan fingerprint density at radius 1 is 0.960 bits per heavy atom. The molecule has 0 aliphatic carbocycles. The molecule has 4 aromatic rings. The zero-order valence-corrected chi connectivity index (χ0v) is 14.7. The number of carbonyl (C=O) groups is 1. The molecule has 4 nitrogen and oxygen atoms in total. The largest absolute Gasteiger partial charge is 0.436 e. The lowest BCUT2D eigenvalue weighted by molar-refractivity contribution is 0.102. The predicted molar refractivity (Wildman–Crippen MR) is 102 cm³/mol. The smallest absolute Gasteiger partial charge is 0.255 e. The van der Waals surface area contributed by atoms with Crippen LogP contribution < -0.4 is 5.32 Å². The van der Waals surface area contributed by atoms with E-state index in [-0.39, 0.29) is 5.91 Å². The summed E-state index contributed by atoms with van der Waals surface area (Å²) in [6.07, 6.45) is 0. The number of hydrogen-bond acceptors (Lipinski definition) is 3. The second kappa shape index (κ2) is 6.53. The molecule has 0 radical (unpaired) electrons. The number of rotatable bonds is 3. The van der Waals surface area contributed by atoms with Crippen LogP contribution in [-0.4, -0.2) is 10.9 Å². The number of oxazole rings is 1. The van der Waals surface area contributed by atoms with Gasteiger partial charge in [0.1, 0.15) is 5.52 Å². The number of carbonyl (C=O) groups excluding carboxylic acids is 1. The maximum atomic E-state index is 12.3. The Hall–Kier alpha value is -2.92. The third-order valence-corrected chi connectivity index (χ3v) is 4.48. The van der Waals surface area contributed by atoms with Crippen molar-refractivity contribution in [1.29, 1.82) is 0 Å². The van der Waals surface area contributed by atoms with Gasteiger partial charge in [-0.2, -0.15) is 0 Å². The molecular weight excluding hydrogens is 380 g/mol. The fourth-order valence-corrected chi connectivity index (χ4v) is 3.00. The average Bonchev–Trinajstić information content (AvgIpc) is 3.06. The Kier molecular flexibility index (Phi) is 4.07. The molecule has 0 bridgehead atoms. The minimum absolute atomic E-state index is 0.158. The van der Waals surface area contributed by atoms with Crippen LogP contribution >= 0.6 is 15.9 Å². The summed E-state index contributed by atoms with van der Waals surface area (Å²) in [4.78, 5) is 16.8. The van der Waals surface area contributed by atoms with Crippen LogP contribution in [0.3, 0.4) is 0 Å². The molecule has 1 amide bonds. The third kappa shape index (κ3) is 3.19. The Morgan fingerprint density at radius 2 is 1.72 bits per heavy atom. The molecule has 122 valence electrons. The van der Waals surface area contributed by atoms with Gasteiger partial charge in [-0.25, -0.2) is 4.98 Å². The molecule has 3 aromatic carbocycles. The van der Waals surface area contributed by atoms with E-state index in [0.29, 0.717) is 28.2 Å². The first kappa shape index (κ1) is 15.6. The SMILES string of the molecule is O=C(Nc1ccc2oc(-c3ccccc3Br)nc2c1)c1ccccc1. The highest BCUT2D eigenvalue weighted by Crippen LogP contribution is 2.30. The molecule has 0 spiro atoms. The molecule has 25 heavy (non-hydrogen) atoms. The van der Waals surface area contributed by atoms with Crippen LogP contribution in [0.5, 0.6) is 0 Å². The molecule has 1 N–H and O–H groups in total. The van der Waals surface area contributed by atoms with Gasteiger partial charge in [-0.05, 0) is 58.4 Å². The Morgan fingerprint density at radius 3 is 2.52 bits per heavy atom. The van der Waals surface area contributed by atoms with Crippen molar-refractivity contribution < 1.29 is 9.21 Å². The molecule has 4 rings (SSSR count). The lowest BCUT2D eigenvalue weighted by Crippen LogP contribution is -2.11. The van der Waals surface area contributed by atoms with Gasteiger partial charge in [-0.3, -0.25) is 4.79 Å². The van der Waals surface area contributed by atoms with E-state index in [2.05, 4.69) is 26.2 Å². The molecule has 0 aliphatic rings. The molecule has 0 saturated heterocycles. The summed E-state index contributed by atoms with van der Waals surface area (Å²) in [6.45, 7) is 0. The molecule has 0 fully saturated rings. The van der Waals surface area contributed by atoms with Crippen LogP contribution in [0, 0.1) is 0 Å². The zero-order valence-electron chi connectivity index (χ0n) is 13.1. The zero-order chi connectivity index (χ0) is 17.2. The van der Waals surface area contributed by atoms with Crippen molar-refractivity contribution in [1.82, 2.24) is 4.98 Å². The van der Waals surface area contributed by atoms with Crippen molar-refractivity contribution in [2.24, 2.45) is 0 Å². The van der Waals surface area contributed by atoms with E-state index in [1.165, 1.54) is 0 Å². The first-order valence-corrected chi connectivity index (χ1v) is 8.52. The number of benzene rings is 3. The van der Waals surface area contributed by atoms with Gasteiger partial charge < -0.3 is 9.73 Å². The second-order valence-corrected chi connectivity index (χ2v) is 6.36. The van der Waals surface area contributed by atoms with E-state index < -0.39 is 0 Å². The summed E-state index contributed by atoms with van der Waals surface area (Å²) < 4.78 is 6.74. The number of aromatic nitrogens is 1. The van der Waals surface area contributed by atoms with Gasteiger partial charge in [-0.1, -0.05) is 30.3 Å². The van der Waals surface area contributed by atoms with E-state index in [1.54, 1.807) is 24.3 Å². The lowest BCUT2D eigenvalue weighted by atomic mass is 10.2. The number of hydrogen-bond donors (Lipinski definition) is 1. The number of halogens is 1. The predicted octanol–water partition coefficient (Wildman–Crippen LogP) is 5.51. The monoisotopic (exact) mass is 392 g/mol. The molecule has 5 heteroatoms. The molecule has 0 atom stereocenters. The van der Waals surface area contributed by atoms with E-state index in [9.17, 15) is 4.79 Å². The van der Waals surface area contributed by atoms with Crippen LogP contribution in [0.25, 0.3) is 22.6 Å². The highest BCUT2D eigenvalue weighted by molar-refractivity contribution is 9.10. The standard InChI is InChI=1S/C20H13BrN2O2/c21-16-9-5-4-8-15(16)20-23-17-12-14(10-11-18(17)25-20)22-19(24)13-6-2-1-3-7-13/h1-12H,(H,22,24). The van der Waals surface area contributed by atoms with Crippen molar-refractivity contribution in [3.63, 3.8) is 0 Å². The van der Waals surface area contributed by atoms with Crippen LogP contribution in [-0.2, 0) is 0 Å². The van der Waals surface area contributed by atoms with Gasteiger partial charge in [-0.15, -0.1) is 0 Å². The van der Waals surface area contributed by atoms with Gasteiger partial charge >= 0.3 is 0 Å². The van der Waals surface area contributed by atoms with Crippen molar-refractivity contribution in [3.8, 4) is 11.5 Å². The van der Waals surface area contributed by atoms with Gasteiger partial charge in [0.05, 0.1) is 5.56 Å². The quantitative estimate of drug-likeness (QED) is 0.499. The summed E-state index contributed by atoms with van der Waals surface area (Å²) in [5, 5.41) is 2.88. The molecule has 1 heterocycles. The van der Waals surface area contributed by atoms with Gasteiger partial charge in [0.2, 0.25) is 5.89 Å². The van der Waals surface area contributed by atoms with E-state index in [4.69, 9.17) is 4.42 Å². The Bertz CT molecular complexity index is 1060. The topological polar surface area (TPSA) is 55.1 Å². The lowest BCUT2D eigenvalue weighted by Gasteiger charge is -2.04. The van der Waals surface area contributed by atoms with Gasteiger partial charge in [0.15, 0.2) is 5.58 Å². The molecule has 0 aliphatic heterocycles. The minimum Gasteiger partial charge on any atom is -0.436 e. The van der Waals surface area contributed by atoms with Gasteiger partial charge in [0, 0.05) is 15.7 Å². The average molecular weight is 393 g/mol. The van der Waals surface area contributed by atoms with Crippen LogP contribution in [0.2, 0.25) is 0 Å². The fourth-order valence-electron chi connectivity index (χ4n) is 2.55. The minimum atomic E-state index is -0.158. The summed E-state index contributed by atoms with van der Waals surface area (Å²) in [5.74, 6) is 0.378. The summed E-state index contributed by atoms with van der Waals surface area (Å²) in [7, 11) is 0. The van der Waals surface area contributed by atoms with Crippen molar-refractivity contribution in [3.05, 3.63) is 82.8 Å². The third-order valence-electron chi connectivity index (χ3n) is 3.79. The van der Waals surface area contributed by atoms with Crippen LogP contribution in [0.15, 0.2) is 81.7 Å². The van der Waals surface area contributed by atoms with E-state index >= 15 is 0 Å². The normalized spacial score (nSPS) is 10.8. The first-order valence-electron chi connectivity index (χ1n) is 7.72. The van der Waals surface area contributed by atoms with E-state index in [1.807, 2.05) is 48.5 Å². The molecule has 1 aromatic heterocycles. The second-order valence-electron chi connectivity index (χ2n) is 5.50. The maximum Gasteiger partial charge on any atom is 0.255 e. The highest BCUT2D eigenvalue weighted by Gasteiger charge is 2.12. The maximum absolute atomic E-state index is 12.3. The van der Waals surface area contributed by atoms with Crippen molar-refractivity contribution in [2.75, 3.05) is 5.32 Å². The number of nitrogens with zero attached hydrogens (tertiary/aromatic N) is 1. The molecule has 0 unspecified atom stereocenters. The van der Waals surface area contributed by atoms with Crippen LogP contribution in [0.4, 0.5) is 5.69 Å². The number of amides is 1. The Balaban J connectivity index is 1.65. The number of nitrogens with one attached hydrogen (secondary N) is 1. The summed E-state index contributed by atoms with van der Waals surface area (Å²) >= 11 is 3.51. The van der Waals surface area contributed by atoms with Crippen molar-refractivity contribution in [2.45, 2.75) is 0 Å². The summed E-state index contributed by atoms with van der Waals surface area (Å²) in [5.41, 5.74) is 3.53. The number of fused-ring (bicyclic) bond motifs is 1. The fraction of sp³-hybridized carbons (Fsp3) is 0. The van der Waals surface area contributed by atoms with E-state index in [0.717, 1.165) is 10.0 Å².